The van der Waals surface area contributed by atoms with Crippen LogP contribution in [0.3, 0.4) is 0 Å². The first-order valence-electron chi connectivity index (χ1n) is 10.7. The van der Waals surface area contributed by atoms with Crippen LogP contribution in [0.5, 0.6) is 0 Å². The van der Waals surface area contributed by atoms with E-state index in [4.69, 9.17) is 0 Å². The molecule has 2 saturated heterocycles. The summed E-state index contributed by atoms with van der Waals surface area (Å²) < 4.78 is 13.2. The monoisotopic (exact) mass is 398 g/mol. The Morgan fingerprint density at radius 2 is 2.00 bits per heavy atom. The quantitative estimate of drug-likeness (QED) is 0.832. The zero-order chi connectivity index (χ0) is 20.4. The van der Waals surface area contributed by atoms with Gasteiger partial charge in [0.05, 0.1) is 0 Å². The number of nitrogens with zero attached hydrogens (tertiary/aromatic N) is 3. The van der Waals surface area contributed by atoms with Crippen LogP contribution in [-0.4, -0.2) is 52.1 Å². The van der Waals surface area contributed by atoms with Gasteiger partial charge in [0.15, 0.2) is 0 Å². The first-order valence-corrected chi connectivity index (χ1v) is 10.7. The van der Waals surface area contributed by atoms with Gasteiger partial charge in [-0.15, -0.1) is 0 Å². The van der Waals surface area contributed by atoms with E-state index >= 15 is 0 Å². The molecule has 3 heterocycles. The number of aromatic nitrogens is 2. The van der Waals surface area contributed by atoms with Crippen LogP contribution in [0.2, 0.25) is 0 Å². The van der Waals surface area contributed by atoms with Crippen LogP contribution in [0, 0.1) is 17.2 Å². The van der Waals surface area contributed by atoms with Crippen molar-refractivity contribution in [2.45, 2.75) is 46.1 Å². The van der Waals surface area contributed by atoms with Crippen molar-refractivity contribution in [2.75, 3.05) is 26.2 Å². The van der Waals surface area contributed by atoms with Gasteiger partial charge >= 0.3 is 0 Å². The van der Waals surface area contributed by atoms with Gasteiger partial charge in [0.2, 0.25) is 0 Å². The van der Waals surface area contributed by atoms with Crippen molar-refractivity contribution in [3.8, 4) is 0 Å². The maximum absolute atomic E-state index is 13.2. The third-order valence-electron chi connectivity index (χ3n) is 6.26. The number of halogens is 1. The minimum absolute atomic E-state index is 0.0452. The van der Waals surface area contributed by atoms with E-state index < -0.39 is 0 Å². The van der Waals surface area contributed by atoms with Crippen molar-refractivity contribution in [2.24, 2.45) is 11.3 Å². The van der Waals surface area contributed by atoms with E-state index in [0.717, 1.165) is 69.7 Å². The SMILES string of the molecule is CC(C)Cc1cc(C(=O)N2CCC3(CCCN(Cc4ccc(F)cc4)C3)C2)n[nH]1. The fourth-order valence-electron chi connectivity index (χ4n) is 4.91. The molecule has 156 valence electrons. The molecular weight excluding hydrogens is 367 g/mol. The first-order chi connectivity index (χ1) is 13.9. The predicted octanol–water partition coefficient (Wildman–Crippen LogP) is 3.88. The molecule has 5 nitrogen and oxygen atoms in total. The third kappa shape index (κ3) is 4.69. The predicted molar refractivity (Wildman–Crippen MR) is 111 cm³/mol. The number of carbonyl (C=O) groups is 1. The second-order valence-electron chi connectivity index (χ2n) is 9.29. The zero-order valence-electron chi connectivity index (χ0n) is 17.5. The second kappa shape index (κ2) is 8.27. The van der Waals surface area contributed by atoms with E-state index in [0.29, 0.717) is 11.6 Å². The first kappa shape index (κ1) is 20.1. The Hall–Kier alpha value is -2.21. The largest absolute Gasteiger partial charge is 0.337 e. The Morgan fingerprint density at radius 1 is 1.21 bits per heavy atom. The molecule has 1 N–H and O–H groups in total. The van der Waals surface area contributed by atoms with Crippen molar-refractivity contribution in [3.63, 3.8) is 0 Å². The second-order valence-corrected chi connectivity index (χ2v) is 9.29. The molecule has 2 aliphatic rings. The molecule has 1 aromatic heterocycles. The summed E-state index contributed by atoms with van der Waals surface area (Å²) in [6.07, 6.45) is 4.25. The van der Waals surface area contributed by atoms with Crippen molar-refractivity contribution >= 4 is 5.91 Å². The molecule has 1 unspecified atom stereocenters. The smallest absolute Gasteiger partial charge is 0.274 e. The van der Waals surface area contributed by atoms with Crippen molar-refractivity contribution < 1.29 is 9.18 Å². The summed E-state index contributed by atoms with van der Waals surface area (Å²) in [6.45, 7) is 8.82. The van der Waals surface area contributed by atoms with Crippen LogP contribution in [0.25, 0.3) is 0 Å². The normalized spacial score (nSPS) is 22.7. The highest BCUT2D eigenvalue weighted by atomic mass is 19.1. The van der Waals surface area contributed by atoms with Crippen LogP contribution < -0.4 is 0 Å². The highest BCUT2D eigenvalue weighted by molar-refractivity contribution is 5.92. The third-order valence-corrected chi connectivity index (χ3v) is 6.26. The van der Waals surface area contributed by atoms with E-state index in [1.807, 2.05) is 23.1 Å². The number of nitrogens with one attached hydrogen (secondary N) is 1. The van der Waals surface area contributed by atoms with Crippen LogP contribution in [0.4, 0.5) is 4.39 Å². The van der Waals surface area contributed by atoms with Gasteiger partial charge in [-0.3, -0.25) is 14.8 Å². The van der Waals surface area contributed by atoms with E-state index in [1.165, 1.54) is 12.1 Å². The lowest BCUT2D eigenvalue weighted by molar-refractivity contribution is 0.0671. The number of amides is 1. The van der Waals surface area contributed by atoms with Gasteiger partial charge in [0, 0.05) is 37.3 Å². The lowest BCUT2D eigenvalue weighted by atomic mass is 9.79. The van der Waals surface area contributed by atoms with E-state index in [2.05, 4.69) is 28.9 Å². The number of aromatic amines is 1. The van der Waals surface area contributed by atoms with E-state index in [9.17, 15) is 9.18 Å². The Morgan fingerprint density at radius 3 is 2.76 bits per heavy atom. The number of hydrogen-bond donors (Lipinski definition) is 1. The molecule has 6 heteroatoms. The molecule has 0 radical (unpaired) electrons. The number of benzene rings is 1. The summed E-state index contributed by atoms with van der Waals surface area (Å²) in [5.41, 5.74) is 2.88. The molecule has 4 rings (SSSR count). The lowest BCUT2D eigenvalue weighted by Crippen LogP contribution is -2.45. The minimum atomic E-state index is -0.191. The molecule has 0 aliphatic carbocycles. The van der Waals surface area contributed by atoms with E-state index in [1.54, 1.807) is 0 Å². The number of piperidine rings is 1. The fraction of sp³-hybridized carbons (Fsp3) is 0.565. The van der Waals surface area contributed by atoms with Crippen LogP contribution in [0.1, 0.15) is 54.9 Å². The number of carbonyl (C=O) groups excluding carboxylic acids is 1. The molecule has 2 fully saturated rings. The number of H-pyrrole nitrogens is 1. The Kier molecular flexibility index (Phi) is 5.72. The number of hydrogen-bond acceptors (Lipinski definition) is 3. The van der Waals surface area contributed by atoms with Crippen molar-refractivity contribution in [1.82, 2.24) is 20.0 Å². The fourth-order valence-corrected chi connectivity index (χ4v) is 4.91. The molecule has 1 aromatic carbocycles. The summed E-state index contributed by atoms with van der Waals surface area (Å²) in [4.78, 5) is 17.4. The average molecular weight is 399 g/mol. The molecule has 29 heavy (non-hydrogen) atoms. The summed E-state index contributed by atoms with van der Waals surface area (Å²) >= 11 is 0. The zero-order valence-corrected chi connectivity index (χ0v) is 17.5. The molecule has 1 atom stereocenters. The Bertz CT molecular complexity index is 847. The van der Waals surface area contributed by atoms with Gasteiger partial charge in [-0.25, -0.2) is 4.39 Å². The molecule has 1 spiro atoms. The van der Waals surface area contributed by atoms with Crippen LogP contribution in [0.15, 0.2) is 30.3 Å². The van der Waals surface area contributed by atoms with Gasteiger partial charge in [0.1, 0.15) is 11.5 Å². The van der Waals surface area contributed by atoms with Gasteiger partial charge in [-0.1, -0.05) is 26.0 Å². The summed E-state index contributed by atoms with van der Waals surface area (Å²) in [7, 11) is 0. The summed E-state index contributed by atoms with van der Waals surface area (Å²) in [6, 6.07) is 8.71. The van der Waals surface area contributed by atoms with Gasteiger partial charge in [0.25, 0.3) is 5.91 Å². The topological polar surface area (TPSA) is 52.2 Å². The molecule has 1 amide bonds. The Labute approximate surface area is 172 Å². The molecule has 2 aliphatic heterocycles. The van der Waals surface area contributed by atoms with Crippen molar-refractivity contribution in [3.05, 3.63) is 53.1 Å². The van der Waals surface area contributed by atoms with Gasteiger partial charge < -0.3 is 4.90 Å². The maximum Gasteiger partial charge on any atom is 0.274 e. The lowest BCUT2D eigenvalue weighted by Gasteiger charge is -2.40. The molecule has 0 saturated carbocycles. The highest BCUT2D eigenvalue weighted by Gasteiger charge is 2.43. The van der Waals surface area contributed by atoms with Crippen LogP contribution in [-0.2, 0) is 13.0 Å². The highest BCUT2D eigenvalue weighted by Crippen LogP contribution is 2.39. The molecular formula is C23H31FN4O. The summed E-state index contributed by atoms with van der Waals surface area (Å²) in [5.74, 6) is 0.385. The Balaban J connectivity index is 1.38. The van der Waals surface area contributed by atoms with Crippen LogP contribution >= 0.6 is 0 Å². The summed E-state index contributed by atoms with van der Waals surface area (Å²) in [5, 5.41) is 7.29. The molecule has 2 aromatic rings. The van der Waals surface area contributed by atoms with Crippen molar-refractivity contribution in [1.29, 1.82) is 0 Å². The number of rotatable bonds is 5. The molecule has 0 bridgehead atoms. The standard InChI is InChI=1S/C23H31FN4O/c1-17(2)12-20-13-21(26-25-20)22(29)28-11-9-23(16-28)8-3-10-27(15-23)14-18-4-6-19(24)7-5-18/h4-7,13,17H,3,8-12,14-16H2,1-2H3,(H,25,26). The maximum atomic E-state index is 13.2. The number of likely N-dealkylation sites (tertiary alicyclic amines) is 2. The van der Waals surface area contributed by atoms with E-state index in [-0.39, 0.29) is 17.1 Å². The van der Waals surface area contributed by atoms with Gasteiger partial charge in [-0.05, 0) is 61.9 Å². The minimum Gasteiger partial charge on any atom is -0.337 e. The average Bonchev–Trinajstić information content (AvgIpc) is 3.30. The van der Waals surface area contributed by atoms with Gasteiger partial charge in [-0.2, -0.15) is 5.10 Å².